The first kappa shape index (κ1) is 71.6. The minimum Gasteiger partial charge on any atom is -0.462 e. The van der Waals surface area contributed by atoms with Gasteiger partial charge in [0.1, 0.15) is 13.2 Å². The molecule has 0 saturated heterocycles. The Kier molecular flexibility index (Phi) is 60.3. The zero-order valence-corrected chi connectivity index (χ0v) is 49.6. The fourth-order valence-corrected chi connectivity index (χ4v) is 9.14. The van der Waals surface area contributed by atoms with E-state index < -0.39 is 6.10 Å². The Morgan fingerprint density at radius 3 is 0.813 bits per heavy atom. The van der Waals surface area contributed by atoms with Crippen LogP contribution in [-0.4, -0.2) is 37.2 Å². The predicted molar refractivity (Wildman–Crippen MR) is 325 cm³/mol. The zero-order valence-electron chi connectivity index (χ0n) is 49.6. The molecule has 0 aliphatic rings. The predicted octanol–water partition coefficient (Wildman–Crippen LogP) is 21.9. The molecular weight excluding hydrogens is 925 g/mol. The number of allylic oxidation sites excluding steroid dienone is 14. The molecule has 0 aliphatic carbocycles. The van der Waals surface area contributed by atoms with Crippen molar-refractivity contribution in [3.8, 4) is 0 Å². The molecule has 0 N–H and O–H groups in total. The van der Waals surface area contributed by atoms with Crippen molar-refractivity contribution in [3.05, 3.63) is 85.1 Å². The van der Waals surface area contributed by atoms with Crippen molar-refractivity contribution in [2.75, 3.05) is 13.2 Å². The summed E-state index contributed by atoms with van der Waals surface area (Å²) in [5.74, 6) is -0.937. The Labute approximate surface area is 465 Å². The second-order valence-corrected chi connectivity index (χ2v) is 21.3. The van der Waals surface area contributed by atoms with Gasteiger partial charge in [0.15, 0.2) is 6.10 Å². The first-order valence-corrected chi connectivity index (χ1v) is 32.1. The summed E-state index contributed by atoms with van der Waals surface area (Å²) < 4.78 is 16.9. The van der Waals surface area contributed by atoms with Gasteiger partial charge in [0, 0.05) is 19.3 Å². The van der Waals surface area contributed by atoms with Crippen LogP contribution in [0.15, 0.2) is 85.1 Å². The zero-order chi connectivity index (χ0) is 54.3. The summed E-state index contributed by atoms with van der Waals surface area (Å²) in [6.07, 6.45) is 83.1. The number of ether oxygens (including phenoxy) is 3. The van der Waals surface area contributed by atoms with E-state index in [9.17, 15) is 14.4 Å². The topological polar surface area (TPSA) is 78.9 Å². The van der Waals surface area contributed by atoms with Crippen molar-refractivity contribution in [2.24, 2.45) is 0 Å². The van der Waals surface area contributed by atoms with Crippen LogP contribution in [0.25, 0.3) is 0 Å². The average Bonchev–Trinajstić information content (AvgIpc) is 3.41. The molecule has 0 aromatic heterocycles. The smallest absolute Gasteiger partial charge is 0.306 e. The van der Waals surface area contributed by atoms with E-state index in [2.05, 4.69) is 106 Å². The highest BCUT2D eigenvalue weighted by Crippen LogP contribution is 2.17. The normalized spacial score (nSPS) is 12.6. The number of rotatable bonds is 58. The Morgan fingerprint density at radius 1 is 0.280 bits per heavy atom. The summed E-state index contributed by atoms with van der Waals surface area (Å²) in [6, 6.07) is 0. The van der Waals surface area contributed by atoms with E-state index in [1.165, 1.54) is 180 Å². The van der Waals surface area contributed by atoms with Gasteiger partial charge in [0.05, 0.1) is 0 Å². The molecule has 432 valence electrons. The quantitative estimate of drug-likeness (QED) is 0.0261. The van der Waals surface area contributed by atoms with Crippen molar-refractivity contribution in [1.82, 2.24) is 0 Å². The van der Waals surface area contributed by atoms with Crippen LogP contribution in [0.1, 0.15) is 316 Å². The van der Waals surface area contributed by atoms with Gasteiger partial charge in [-0.2, -0.15) is 0 Å². The van der Waals surface area contributed by atoms with Crippen LogP contribution in [0.3, 0.4) is 0 Å². The first-order chi connectivity index (χ1) is 37.0. The molecule has 0 amide bonds. The molecule has 0 saturated carbocycles. The van der Waals surface area contributed by atoms with Gasteiger partial charge < -0.3 is 14.2 Å². The average molecular weight is 1050 g/mol. The van der Waals surface area contributed by atoms with Crippen LogP contribution in [0, 0.1) is 0 Å². The number of hydrogen-bond donors (Lipinski definition) is 0. The lowest BCUT2D eigenvalue weighted by molar-refractivity contribution is -0.167. The summed E-state index contributed by atoms with van der Waals surface area (Å²) in [7, 11) is 0. The molecule has 1 atom stereocenters. The maximum Gasteiger partial charge on any atom is 0.306 e. The van der Waals surface area contributed by atoms with Gasteiger partial charge in [-0.05, 0) is 70.6 Å². The van der Waals surface area contributed by atoms with E-state index in [4.69, 9.17) is 14.2 Å². The van der Waals surface area contributed by atoms with E-state index in [1.54, 1.807) is 0 Å². The van der Waals surface area contributed by atoms with Gasteiger partial charge in [0.2, 0.25) is 0 Å². The number of carbonyl (C=O) groups excluding carboxylic acids is 3. The largest absolute Gasteiger partial charge is 0.462 e. The van der Waals surface area contributed by atoms with Crippen LogP contribution in [0.5, 0.6) is 0 Å². The van der Waals surface area contributed by atoms with Crippen molar-refractivity contribution >= 4 is 17.9 Å². The molecule has 0 aromatic carbocycles. The van der Waals surface area contributed by atoms with Crippen molar-refractivity contribution in [1.29, 1.82) is 0 Å². The fourth-order valence-electron chi connectivity index (χ4n) is 9.14. The molecule has 0 aliphatic heterocycles. The molecule has 0 heterocycles. The molecule has 0 spiro atoms. The third kappa shape index (κ3) is 61.3. The molecule has 6 heteroatoms. The SMILES string of the molecule is CC/C=C\C/C=C\C/C=C\C/C=C\C/C=C\C/C=C\C/C=C\CCCC(=O)OCC(COC(=O)CCCCCCCCCCCCCCC)OC(=O)CCCCCCCCCCCCCCCCCCCCCCC. The number of unbranched alkanes of at least 4 members (excludes halogenated alkanes) is 33. The van der Waals surface area contributed by atoms with Gasteiger partial charge in [-0.1, -0.05) is 311 Å². The van der Waals surface area contributed by atoms with Crippen molar-refractivity contribution in [2.45, 2.75) is 322 Å². The van der Waals surface area contributed by atoms with Crippen LogP contribution in [-0.2, 0) is 28.6 Å². The maximum atomic E-state index is 12.9. The second-order valence-electron chi connectivity index (χ2n) is 21.3. The molecule has 1 unspecified atom stereocenters. The highest BCUT2D eigenvalue weighted by atomic mass is 16.6. The van der Waals surface area contributed by atoms with E-state index in [-0.39, 0.29) is 37.5 Å². The Balaban J connectivity index is 4.41. The summed E-state index contributed by atoms with van der Waals surface area (Å²) in [6.45, 7) is 6.52. The lowest BCUT2D eigenvalue weighted by Gasteiger charge is -2.18. The highest BCUT2D eigenvalue weighted by Gasteiger charge is 2.19. The molecular formula is C69H120O6. The summed E-state index contributed by atoms with van der Waals surface area (Å²) in [5, 5.41) is 0. The molecule has 0 radical (unpaired) electrons. The number of hydrogen-bond acceptors (Lipinski definition) is 6. The minimum absolute atomic E-state index is 0.0903. The third-order valence-corrected chi connectivity index (χ3v) is 13.9. The number of carbonyl (C=O) groups is 3. The van der Waals surface area contributed by atoms with Crippen LogP contribution >= 0.6 is 0 Å². The molecule has 0 fully saturated rings. The molecule has 0 bridgehead atoms. The number of esters is 3. The first-order valence-electron chi connectivity index (χ1n) is 32.1. The standard InChI is InChI=1S/C69H120O6/c1-4-7-10-13-16-19-22-25-27-29-31-33-34-36-37-39-41-44-47-50-53-56-59-62-68(71)74-65-66(64-73-67(70)61-58-55-52-49-46-43-24-21-18-15-12-9-6-3)75-69(72)63-60-57-54-51-48-45-42-40-38-35-32-30-28-26-23-20-17-14-11-8-5-2/h7,10,16,19,25,27,31,33,36-37,41,44,50,53,66H,4-6,8-9,11-15,17-18,20-24,26,28-30,32,34-35,38-40,42-43,45-49,51-52,54-65H2,1-3H3/b10-7-,19-16-,27-25-,33-31-,37-36-,44-41-,53-50-. The van der Waals surface area contributed by atoms with Crippen molar-refractivity contribution in [3.63, 3.8) is 0 Å². The lowest BCUT2D eigenvalue weighted by Crippen LogP contribution is -2.30. The Hall–Kier alpha value is -3.41. The van der Waals surface area contributed by atoms with E-state index in [0.717, 1.165) is 89.9 Å². The van der Waals surface area contributed by atoms with Gasteiger partial charge >= 0.3 is 17.9 Å². The summed E-state index contributed by atoms with van der Waals surface area (Å²) in [5.41, 5.74) is 0. The minimum atomic E-state index is -0.798. The molecule has 0 aromatic rings. The van der Waals surface area contributed by atoms with Crippen LogP contribution < -0.4 is 0 Å². The van der Waals surface area contributed by atoms with Gasteiger partial charge in [-0.15, -0.1) is 0 Å². The third-order valence-electron chi connectivity index (χ3n) is 13.9. The second kappa shape index (κ2) is 63.1. The van der Waals surface area contributed by atoms with Crippen molar-refractivity contribution < 1.29 is 28.6 Å². The molecule has 75 heavy (non-hydrogen) atoms. The highest BCUT2D eigenvalue weighted by molar-refractivity contribution is 5.71. The monoisotopic (exact) mass is 1040 g/mol. The van der Waals surface area contributed by atoms with E-state index in [0.29, 0.717) is 19.3 Å². The van der Waals surface area contributed by atoms with Gasteiger partial charge in [-0.3, -0.25) is 14.4 Å². The van der Waals surface area contributed by atoms with Gasteiger partial charge in [-0.25, -0.2) is 0 Å². The van der Waals surface area contributed by atoms with Crippen LogP contribution in [0.4, 0.5) is 0 Å². The Bertz CT molecular complexity index is 1430. The Morgan fingerprint density at radius 2 is 0.520 bits per heavy atom. The van der Waals surface area contributed by atoms with E-state index in [1.807, 2.05) is 0 Å². The van der Waals surface area contributed by atoms with Crippen LogP contribution in [0.2, 0.25) is 0 Å². The lowest BCUT2D eigenvalue weighted by atomic mass is 10.0. The fraction of sp³-hybridized carbons (Fsp3) is 0.754. The summed E-state index contributed by atoms with van der Waals surface area (Å²) >= 11 is 0. The van der Waals surface area contributed by atoms with Gasteiger partial charge in [0.25, 0.3) is 0 Å². The molecule has 6 nitrogen and oxygen atoms in total. The van der Waals surface area contributed by atoms with E-state index >= 15 is 0 Å². The summed E-state index contributed by atoms with van der Waals surface area (Å²) in [4.78, 5) is 38.3. The maximum absolute atomic E-state index is 12.9. The molecule has 0 rings (SSSR count).